The Bertz CT molecular complexity index is 696. The lowest BCUT2D eigenvalue weighted by Gasteiger charge is -2.41. The molecule has 3 nitrogen and oxygen atoms in total. The Labute approximate surface area is 190 Å². The van der Waals surface area contributed by atoms with Crippen LogP contribution in [0.3, 0.4) is 0 Å². The molecule has 0 amide bonds. The van der Waals surface area contributed by atoms with E-state index in [2.05, 4.69) is 11.7 Å². The first kappa shape index (κ1) is 23.9. The Hall–Kier alpha value is -1.27. The molecule has 1 aliphatic heterocycles. The molecule has 1 saturated heterocycles. The van der Waals surface area contributed by atoms with Gasteiger partial charge in [-0.25, -0.2) is 13.2 Å². The monoisotopic (exact) mass is 454 g/mol. The van der Waals surface area contributed by atoms with Gasteiger partial charge in [-0.05, 0) is 74.0 Å². The number of alkyl halides is 1. The van der Waals surface area contributed by atoms with E-state index in [9.17, 15) is 13.2 Å². The maximum atomic E-state index is 14.1. The molecule has 2 aliphatic carbocycles. The van der Waals surface area contributed by atoms with Gasteiger partial charge in [-0.3, -0.25) is 0 Å². The maximum Gasteiger partial charge on any atom is 0.228 e. The summed E-state index contributed by atoms with van der Waals surface area (Å²) in [7, 11) is 0. The van der Waals surface area contributed by atoms with Crippen LogP contribution < -0.4 is 4.74 Å². The van der Waals surface area contributed by atoms with Crippen LogP contribution in [-0.4, -0.2) is 26.4 Å². The van der Waals surface area contributed by atoms with E-state index >= 15 is 0 Å². The van der Waals surface area contributed by atoms with Crippen LogP contribution in [0, 0.1) is 35.3 Å². The molecule has 0 radical (unpaired) electrons. The van der Waals surface area contributed by atoms with E-state index in [0.717, 1.165) is 50.7 Å². The van der Waals surface area contributed by atoms with Crippen LogP contribution >= 0.6 is 0 Å². The van der Waals surface area contributed by atoms with Gasteiger partial charge in [0.2, 0.25) is 6.86 Å². The van der Waals surface area contributed by atoms with Crippen molar-refractivity contribution in [2.75, 3.05) is 20.1 Å². The van der Waals surface area contributed by atoms with Crippen molar-refractivity contribution in [3.05, 3.63) is 29.3 Å². The third kappa shape index (κ3) is 5.61. The second-order valence-corrected chi connectivity index (χ2v) is 10.0. The maximum absolute atomic E-state index is 14.1. The van der Waals surface area contributed by atoms with Crippen LogP contribution in [0.25, 0.3) is 0 Å². The zero-order valence-electron chi connectivity index (χ0n) is 19.2. The Morgan fingerprint density at radius 1 is 0.844 bits per heavy atom. The molecule has 0 unspecified atom stereocenters. The Morgan fingerprint density at radius 2 is 1.44 bits per heavy atom. The highest BCUT2D eigenvalue weighted by Gasteiger charge is 2.36. The molecule has 1 heterocycles. The fourth-order valence-electron chi connectivity index (χ4n) is 6.17. The first-order chi connectivity index (χ1) is 15.6. The van der Waals surface area contributed by atoms with Gasteiger partial charge in [0.1, 0.15) is 0 Å². The van der Waals surface area contributed by atoms with Crippen LogP contribution in [0.15, 0.2) is 12.1 Å². The SMILES string of the molecule is CCCC1CCC(C2COC(C3CCC(c4cc(F)c(OCF)c(F)c4)CC3)OC2)CC1. The molecule has 32 heavy (non-hydrogen) atoms. The Balaban J connectivity index is 1.23. The summed E-state index contributed by atoms with van der Waals surface area (Å²) in [6, 6.07) is 2.57. The van der Waals surface area contributed by atoms with Crippen LogP contribution in [0.5, 0.6) is 5.75 Å². The van der Waals surface area contributed by atoms with Crippen molar-refractivity contribution in [3.63, 3.8) is 0 Å². The van der Waals surface area contributed by atoms with Crippen molar-refractivity contribution < 1.29 is 27.4 Å². The van der Waals surface area contributed by atoms with E-state index in [4.69, 9.17) is 9.47 Å². The lowest BCUT2D eigenvalue weighted by molar-refractivity contribution is -0.236. The van der Waals surface area contributed by atoms with Crippen molar-refractivity contribution in [1.82, 2.24) is 0 Å². The van der Waals surface area contributed by atoms with Crippen molar-refractivity contribution >= 4 is 0 Å². The van der Waals surface area contributed by atoms with Gasteiger partial charge in [0.25, 0.3) is 0 Å². The second-order valence-electron chi connectivity index (χ2n) is 10.0. The third-order valence-electron chi connectivity index (χ3n) is 8.05. The third-order valence-corrected chi connectivity index (χ3v) is 8.05. The average Bonchev–Trinajstić information content (AvgIpc) is 2.82. The highest BCUT2D eigenvalue weighted by molar-refractivity contribution is 5.33. The summed E-state index contributed by atoms with van der Waals surface area (Å²) in [4.78, 5) is 0. The normalized spacial score (nSPS) is 33.8. The molecule has 0 atom stereocenters. The molecule has 0 bridgehead atoms. The van der Waals surface area contributed by atoms with Crippen molar-refractivity contribution in [2.45, 2.75) is 83.3 Å². The smallest absolute Gasteiger partial charge is 0.228 e. The van der Waals surface area contributed by atoms with Crippen LogP contribution in [-0.2, 0) is 9.47 Å². The Kier molecular flexibility index (Phi) is 8.38. The molecule has 1 aromatic carbocycles. The van der Waals surface area contributed by atoms with E-state index in [1.54, 1.807) is 0 Å². The largest absolute Gasteiger partial charge is 0.457 e. The van der Waals surface area contributed by atoms with Gasteiger partial charge in [-0.15, -0.1) is 0 Å². The molecule has 6 heteroatoms. The predicted molar refractivity (Wildman–Crippen MR) is 117 cm³/mol. The summed E-state index contributed by atoms with van der Waals surface area (Å²) in [5.74, 6) is 0.263. The molecule has 0 N–H and O–H groups in total. The van der Waals surface area contributed by atoms with E-state index in [1.807, 2.05) is 0 Å². The van der Waals surface area contributed by atoms with Crippen LogP contribution in [0.4, 0.5) is 13.2 Å². The van der Waals surface area contributed by atoms with Gasteiger partial charge in [0, 0.05) is 11.8 Å². The number of rotatable bonds is 7. The molecule has 1 aromatic rings. The number of benzene rings is 1. The molecule has 0 spiro atoms. The standard InChI is InChI=1S/C26H37F3O3/c1-2-3-17-4-6-19(7-5-17)22-14-30-26(31-15-22)20-10-8-18(9-11-20)21-12-23(28)25(32-16-27)24(29)13-21/h12-13,17-20,22,26H,2-11,14-16H2,1H3. The molecular formula is C26H37F3O3. The topological polar surface area (TPSA) is 27.7 Å². The van der Waals surface area contributed by atoms with Crippen molar-refractivity contribution in [3.8, 4) is 5.75 Å². The number of hydrogen-bond donors (Lipinski definition) is 0. The first-order valence-corrected chi connectivity index (χ1v) is 12.5. The molecule has 0 aromatic heterocycles. The average molecular weight is 455 g/mol. The van der Waals surface area contributed by atoms with E-state index in [0.29, 0.717) is 17.4 Å². The summed E-state index contributed by atoms with van der Waals surface area (Å²) in [5.41, 5.74) is 0.619. The van der Waals surface area contributed by atoms with Gasteiger partial charge in [-0.1, -0.05) is 32.6 Å². The molecule has 180 valence electrons. The summed E-state index contributed by atoms with van der Waals surface area (Å²) in [6.45, 7) is 2.61. The highest BCUT2D eigenvalue weighted by Crippen LogP contribution is 2.42. The van der Waals surface area contributed by atoms with Crippen LogP contribution in [0.2, 0.25) is 0 Å². The summed E-state index contributed by atoms with van der Waals surface area (Å²) in [5, 5.41) is 0. The minimum Gasteiger partial charge on any atom is -0.457 e. The summed E-state index contributed by atoms with van der Waals surface area (Å²) in [6.07, 6.45) is 11.3. The van der Waals surface area contributed by atoms with Gasteiger partial charge in [0.05, 0.1) is 13.2 Å². The lowest BCUT2D eigenvalue weighted by atomic mass is 9.74. The van der Waals surface area contributed by atoms with Crippen molar-refractivity contribution in [1.29, 1.82) is 0 Å². The van der Waals surface area contributed by atoms with E-state index < -0.39 is 24.2 Å². The minimum absolute atomic E-state index is 0.0873. The molecular weight excluding hydrogens is 417 g/mol. The summed E-state index contributed by atoms with van der Waals surface area (Å²) < 4.78 is 57.3. The number of hydrogen-bond acceptors (Lipinski definition) is 3. The fourth-order valence-corrected chi connectivity index (χ4v) is 6.17. The molecule has 3 aliphatic rings. The number of halogens is 3. The lowest BCUT2D eigenvalue weighted by Crippen LogP contribution is -2.41. The van der Waals surface area contributed by atoms with Gasteiger partial charge >= 0.3 is 0 Å². The zero-order valence-corrected chi connectivity index (χ0v) is 19.2. The zero-order chi connectivity index (χ0) is 22.5. The number of ether oxygens (including phenoxy) is 3. The van der Waals surface area contributed by atoms with Gasteiger partial charge in [0.15, 0.2) is 23.7 Å². The van der Waals surface area contributed by atoms with Crippen LogP contribution in [0.1, 0.15) is 82.6 Å². The summed E-state index contributed by atoms with van der Waals surface area (Å²) >= 11 is 0. The molecule has 3 fully saturated rings. The van der Waals surface area contributed by atoms with Crippen molar-refractivity contribution in [2.24, 2.45) is 23.7 Å². The quantitative estimate of drug-likeness (QED) is 0.438. The molecule has 4 rings (SSSR count). The highest BCUT2D eigenvalue weighted by atomic mass is 19.1. The molecule has 2 saturated carbocycles. The van der Waals surface area contributed by atoms with Gasteiger partial charge in [-0.2, -0.15) is 0 Å². The van der Waals surface area contributed by atoms with E-state index in [1.165, 1.54) is 50.7 Å². The van der Waals surface area contributed by atoms with Gasteiger partial charge < -0.3 is 14.2 Å². The second kappa shape index (κ2) is 11.2. The Morgan fingerprint density at radius 3 is 2.00 bits per heavy atom. The first-order valence-electron chi connectivity index (χ1n) is 12.5. The van der Waals surface area contributed by atoms with E-state index in [-0.39, 0.29) is 12.2 Å². The fraction of sp³-hybridized carbons (Fsp3) is 0.769. The minimum atomic E-state index is -1.25. The predicted octanol–water partition coefficient (Wildman–Crippen LogP) is 7.14.